The number of aliphatic hydroxyl groups excluding tert-OH is 1. The van der Waals surface area contributed by atoms with Gasteiger partial charge in [0.15, 0.2) is 0 Å². The maximum absolute atomic E-state index is 10.5. The fourth-order valence-corrected chi connectivity index (χ4v) is 1.28. The molecule has 2 saturated carbocycles. The van der Waals surface area contributed by atoms with Crippen LogP contribution in [0.1, 0.15) is 13.8 Å². The number of carbonyl (C=O) groups is 1. The van der Waals surface area contributed by atoms with Crippen molar-refractivity contribution in [1.82, 2.24) is 0 Å². The van der Waals surface area contributed by atoms with E-state index in [1.54, 1.807) is 13.8 Å². The molecule has 3 heteroatoms. The molecule has 0 heterocycles. The summed E-state index contributed by atoms with van der Waals surface area (Å²) in [5, 5.41) is 8.91. The average molecular weight is 272 g/mol. The van der Waals surface area contributed by atoms with Gasteiger partial charge in [-0.05, 0) is 65.2 Å². The van der Waals surface area contributed by atoms with Crippen molar-refractivity contribution in [3.63, 3.8) is 0 Å². The zero-order valence-electron chi connectivity index (χ0n) is 9.91. The van der Waals surface area contributed by atoms with Crippen molar-refractivity contribution in [3.05, 3.63) is 63.2 Å². The second kappa shape index (κ2) is 9.13. The molecule has 0 unspecified atom stereocenters. The van der Waals surface area contributed by atoms with Gasteiger partial charge in [-0.3, -0.25) is 4.79 Å². The first-order valence-electron chi connectivity index (χ1n) is 5.23. The molecule has 2 rings (SSSR count). The van der Waals surface area contributed by atoms with E-state index in [1.165, 1.54) is 0 Å². The van der Waals surface area contributed by atoms with Crippen molar-refractivity contribution in [2.45, 2.75) is 20.0 Å². The Morgan fingerprint density at radius 1 is 1.06 bits per heavy atom. The molecule has 17 heavy (non-hydrogen) atoms. The second-order valence-electron chi connectivity index (χ2n) is 3.62. The van der Waals surface area contributed by atoms with E-state index >= 15 is 0 Å². The van der Waals surface area contributed by atoms with Gasteiger partial charge in [-0.2, -0.15) is 0 Å². The monoisotopic (exact) mass is 272 g/mol. The Morgan fingerprint density at radius 2 is 1.47 bits per heavy atom. The van der Waals surface area contributed by atoms with E-state index in [2.05, 4.69) is 0 Å². The van der Waals surface area contributed by atoms with Gasteiger partial charge in [0.05, 0.1) is 6.10 Å². The van der Waals surface area contributed by atoms with Crippen LogP contribution in [-0.2, 0) is 21.9 Å². The normalized spacial score (nSPS) is 22.5. The fraction of sp³-hybridized carbons (Fsp3) is 0.214. The van der Waals surface area contributed by atoms with Gasteiger partial charge in [-0.15, -0.1) is 0 Å². The number of rotatable bonds is 2. The molecule has 0 aliphatic heterocycles. The van der Waals surface area contributed by atoms with E-state index in [-0.39, 0.29) is 29.0 Å². The molecule has 0 saturated heterocycles. The molecule has 2 aliphatic carbocycles. The molecule has 10 radical (unpaired) electrons. The van der Waals surface area contributed by atoms with Crippen LogP contribution >= 0.6 is 0 Å². The van der Waals surface area contributed by atoms with E-state index in [1.807, 2.05) is 51.4 Å². The van der Waals surface area contributed by atoms with Crippen LogP contribution in [0.5, 0.6) is 0 Å². The third-order valence-electron chi connectivity index (χ3n) is 2.24. The Balaban J connectivity index is 0.000000284. The van der Waals surface area contributed by atoms with Gasteiger partial charge in [-0.25, -0.2) is 0 Å². The molecule has 0 aromatic rings. The van der Waals surface area contributed by atoms with Gasteiger partial charge in [0.1, 0.15) is 5.78 Å². The van der Waals surface area contributed by atoms with Crippen LogP contribution in [0.25, 0.3) is 0 Å². The third kappa shape index (κ3) is 6.59. The maximum atomic E-state index is 10.5. The van der Waals surface area contributed by atoms with Crippen LogP contribution in [0.2, 0.25) is 0 Å². The standard InChI is InChI=1S/C7H9O.C7H7O.Fe/c2*1-6(8)7-4-2-3-5-7;/h2-6,8H,1H3;2-5H,1H3;/q;;+2/t6-;;/m0../s1. The average Bonchev–Trinajstić information content (AvgIpc) is 2.93. The van der Waals surface area contributed by atoms with Crippen LogP contribution in [0, 0.1) is 63.2 Å². The first-order chi connectivity index (χ1) is 7.61. The number of hydrogen-bond donors (Lipinski definition) is 1. The molecule has 2 aliphatic rings. The second-order valence-corrected chi connectivity index (χ2v) is 3.62. The van der Waals surface area contributed by atoms with E-state index in [9.17, 15) is 4.79 Å². The summed E-state index contributed by atoms with van der Waals surface area (Å²) in [4.78, 5) is 10.5. The molecule has 0 aromatic carbocycles. The number of Topliss-reactive ketones (excluding diaryl/α,β-unsaturated/α-hetero) is 1. The van der Waals surface area contributed by atoms with Crippen molar-refractivity contribution in [1.29, 1.82) is 0 Å². The van der Waals surface area contributed by atoms with Gasteiger partial charge in [0.25, 0.3) is 0 Å². The molecule has 0 amide bonds. The zero-order valence-corrected chi connectivity index (χ0v) is 11.0. The summed E-state index contributed by atoms with van der Waals surface area (Å²) in [5.74, 6) is 1.92. The Labute approximate surface area is 116 Å². The van der Waals surface area contributed by atoms with Crippen molar-refractivity contribution in [2.75, 3.05) is 0 Å². The summed E-state index contributed by atoms with van der Waals surface area (Å²) in [6.45, 7) is 3.32. The topological polar surface area (TPSA) is 37.3 Å². The molecule has 0 spiro atoms. The largest absolute Gasteiger partial charge is 2.00 e. The van der Waals surface area contributed by atoms with E-state index in [4.69, 9.17) is 5.11 Å². The summed E-state index contributed by atoms with van der Waals surface area (Å²) in [6.07, 6.45) is 14.7. The minimum Gasteiger partial charge on any atom is -0.393 e. The Bertz CT molecular complexity index is 204. The SMILES string of the molecule is CC(=O)[C]1[CH][CH][CH][CH]1.C[C@H](O)[C]1[CH][CH][CH][CH]1.[Fe+2]. The minimum atomic E-state index is -0.315. The predicted molar refractivity (Wildman–Crippen MR) is 63.2 cm³/mol. The van der Waals surface area contributed by atoms with Crippen molar-refractivity contribution >= 4 is 5.78 Å². The van der Waals surface area contributed by atoms with E-state index in [0.717, 1.165) is 11.8 Å². The maximum Gasteiger partial charge on any atom is 2.00 e. The molecule has 90 valence electrons. The molecule has 0 bridgehead atoms. The van der Waals surface area contributed by atoms with Crippen molar-refractivity contribution in [3.8, 4) is 0 Å². The van der Waals surface area contributed by atoms with Crippen molar-refractivity contribution in [2.24, 2.45) is 0 Å². The summed E-state index contributed by atoms with van der Waals surface area (Å²) >= 11 is 0. The Hall–Kier alpha value is 0.149. The first-order valence-corrected chi connectivity index (χ1v) is 5.23. The molecular formula is C14H16FeO2+2. The summed E-state index contributed by atoms with van der Waals surface area (Å²) in [6, 6.07) is 0. The fourth-order valence-electron chi connectivity index (χ4n) is 1.28. The van der Waals surface area contributed by atoms with Crippen molar-refractivity contribution < 1.29 is 27.0 Å². The Morgan fingerprint density at radius 3 is 1.71 bits per heavy atom. The molecule has 1 atom stereocenters. The Kier molecular flexibility index (Phi) is 9.21. The number of ketones is 1. The predicted octanol–water partition coefficient (Wildman–Crippen LogP) is 1.75. The number of hydrogen-bond acceptors (Lipinski definition) is 2. The molecule has 1 N–H and O–H groups in total. The number of carbonyl (C=O) groups excluding carboxylic acids is 1. The smallest absolute Gasteiger partial charge is 0.393 e. The zero-order chi connectivity index (χ0) is 12.0. The third-order valence-corrected chi connectivity index (χ3v) is 2.24. The molecule has 2 nitrogen and oxygen atoms in total. The summed E-state index contributed by atoms with van der Waals surface area (Å²) in [7, 11) is 0. The quantitative estimate of drug-likeness (QED) is 0.778. The van der Waals surface area contributed by atoms with Crippen LogP contribution in [0.4, 0.5) is 0 Å². The van der Waals surface area contributed by atoms with Gasteiger partial charge in [0.2, 0.25) is 0 Å². The van der Waals surface area contributed by atoms with Gasteiger partial charge < -0.3 is 5.11 Å². The summed E-state index contributed by atoms with van der Waals surface area (Å²) < 4.78 is 0. The summed E-state index contributed by atoms with van der Waals surface area (Å²) in [5.41, 5.74) is 0. The van der Waals surface area contributed by atoms with Crippen LogP contribution < -0.4 is 0 Å². The van der Waals surface area contributed by atoms with Gasteiger partial charge >= 0.3 is 17.1 Å². The first kappa shape index (κ1) is 17.1. The van der Waals surface area contributed by atoms with Gasteiger partial charge in [0, 0.05) is 11.8 Å². The van der Waals surface area contributed by atoms with E-state index in [0.29, 0.717) is 0 Å². The van der Waals surface area contributed by atoms with E-state index < -0.39 is 0 Å². The number of aliphatic hydroxyl groups is 1. The van der Waals surface area contributed by atoms with Crippen LogP contribution in [0.3, 0.4) is 0 Å². The van der Waals surface area contributed by atoms with Gasteiger partial charge in [-0.1, -0.05) is 0 Å². The van der Waals surface area contributed by atoms with Crippen LogP contribution in [-0.4, -0.2) is 17.0 Å². The van der Waals surface area contributed by atoms with Crippen LogP contribution in [0.15, 0.2) is 0 Å². The molecule has 0 aromatic heterocycles. The molecular weight excluding hydrogens is 256 g/mol. The molecule has 2 fully saturated rings. The minimum absolute atomic E-state index is 0.